The van der Waals surface area contributed by atoms with Crippen LogP contribution in [-0.4, -0.2) is 32.5 Å². The Kier molecular flexibility index (Phi) is 7.73. The van der Waals surface area contributed by atoms with Gasteiger partial charge in [-0.1, -0.05) is 31.9 Å². The van der Waals surface area contributed by atoms with Crippen LogP contribution in [0.2, 0.25) is 0 Å². The van der Waals surface area contributed by atoms with E-state index in [4.69, 9.17) is 9.47 Å². The summed E-state index contributed by atoms with van der Waals surface area (Å²) in [5.41, 5.74) is 1.17. The first kappa shape index (κ1) is 23.2. The van der Waals surface area contributed by atoms with E-state index < -0.39 is 10.1 Å². The minimum atomic E-state index is -4.11. The van der Waals surface area contributed by atoms with Crippen LogP contribution in [0.4, 0.5) is 0 Å². The zero-order chi connectivity index (χ0) is 21.8. The van der Waals surface area contributed by atoms with E-state index in [1.807, 2.05) is 12.1 Å². The third-order valence-electron chi connectivity index (χ3n) is 8.29. The SMILES string of the molecule is CC(c1ccc(S(=O)(=O)O)cc1)C1CCC(C2CCC(CCC3OCCO3)CC2)CC1. The maximum absolute atomic E-state index is 11.3. The Morgan fingerprint density at radius 3 is 1.97 bits per heavy atom. The van der Waals surface area contributed by atoms with E-state index in [0.717, 1.165) is 37.4 Å². The fourth-order valence-corrected chi connectivity index (χ4v) is 6.71. The van der Waals surface area contributed by atoms with E-state index in [-0.39, 0.29) is 11.2 Å². The largest absolute Gasteiger partial charge is 0.350 e. The molecule has 1 aromatic carbocycles. The Morgan fingerprint density at radius 1 is 0.871 bits per heavy atom. The first-order chi connectivity index (χ1) is 14.9. The minimum absolute atomic E-state index is 0.0222. The van der Waals surface area contributed by atoms with Gasteiger partial charge in [-0.2, -0.15) is 8.42 Å². The summed E-state index contributed by atoms with van der Waals surface area (Å²) < 4.78 is 42.9. The first-order valence-electron chi connectivity index (χ1n) is 12.2. The van der Waals surface area contributed by atoms with Crippen molar-refractivity contribution < 1.29 is 22.4 Å². The van der Waals surface area contributed by atoms with Gasteiger partial charge in [-0.05, 0) is 98.7 Å². The summed E-state index contributed by atoms with van der Waals surface area (Å²) in [5, 5.41) is 0. The molecule has 1 aliphatic heterocycles. The van der Waals surface area contributed by atoms with Crippen LogP contribution in [0.15, 0.2) is 29.2 Å². The summed E-state index contributed by atoms with van der Waals surface area (Å²) in [5.74, 6) is 3.72. The molecule has 1 saturated heterocycles. The summed E-state index contributed by atoms with van der Waals surface area (Å²) in [6.07, 6.45) is 13.1. The lowest BCUT2D eigenvalue weighted by Crippen LogP contribution is -2.27. The van der Waals surface area contributed by atoms with Crippen molar-refractivity contribution in [3.8, 4) is 0 Å². The molecule has 2 saturated carbocycles. The topological polar surface area (TPSA) is 72.8 Å². The molecular weight excluding hydrogens is 412 g/mol. The molecule has 0 radical (unpaired) electrons. The molecule has 174 valence electrons. The molecular formula is C25H38O5S. The van der Waals surface area contributed by atoms with Crippen molar-refractivity contribution in [2.24, 2.45) is 23.7 Å². The molecule has 1 atom stereocenters. The van der Waals surface area contributed by atoms with Crippen molar-refractivity contribution in [2.45, 2.75) is 88.2 Å². The monoisotopic (exact) mass is 450 g/mol. The van der Waals surface area contributed by atoms with Crippen LogP contribution in [0.3, 0.4) is 0 Å². The molecule has 3 aliphatic rings. The predicted molar refractivity (Wildman–Crippen MR) is 120 cm³/mol. The normalized spacial score (nSPS) is 31.5. The van der Waals surface area contributed by atoms with Crippen LogP contribution in [0.5, 0.6) is 0 Å². The molecule has 0 bridgehead atoms. The molecule has 5 nitrogen and oxygen atoms in total. The van der Waals surface area contributed by atoms with E-state index in [2.05, 4.69) is 6.92 Å². The molecule has 1 N–H and O–H groups in total. The molecule has 0 aromatic heterocycles. The summed E-state index contributed by atoms with van der Waals surface area (Å²) in [6, 6.07) is 6.78. The molecule has 1 unspecified atom stereocenters. The van der Waals surface area contributed by atoms with E-state index in [0.29, 0.717) is 11.8 Å². The number of rotatable bonds is 7. The molecule has 0 spiro atoms. The number of benzene rings is 1. The van der Waals surface area contributed by atoms with E-state index in [1.165, 1.54) is 75.5 Å². The molecule has 1 aromatic rings. The van der Waals surface area contributed by atoms with Gasteiger partial charge >= 0.3 is 0 Å². The fourth-order valence-electron chi connectivity index (χ4n) is 6.23. The highest BCUT2D eigenvalue weighted by atomic mass is 32.2. The van der Waals surface area contributed by atoms with Crippen LogP contribution >= 0.6 is 0 Å². The molecule has 3 fully saturated rings. The Morgan fingerprint density at radius 2 is 1.42 bits per heavy atom. The average molecular weight is 451 g/mol. The van der Waals surface area contributed by atoms with E-state index in [1.54, 1.807) is 0 Å². The lowest BCUT2D eigenvalue weighted by atomic mass is 9.66. The molecule has 0 amide bonds. The van der Waals surface area contributed by atoms with Gasteiger partial charge in [0.05, 0.1) is 18.1 Å². The van der Waals surface area contributed by atoms with Gasteiger partial charge in [-0.25, -0.2) is 0 Å². The summed E-state index contributed by atoms with van der Waals surface area (Å²) in [7, 11) is -4.11. The maximum Gasteiger partial charge on any atom is 0.294 e. The van der Waals surface area contributed by atoms with Gasteiger partial charge in [0.25, 0.3) is 10.1 Å². The molecule has 6 heteroatoms. The maximum atomic E-state index is 11.3. The van der Waals surface area contributed by atoms with Gasteiger partial charge in [0.15, 0.2) is 6.29 Å². The van der Waals surface area contributed by atoms with Crippen molar-refractivity contribution >= 4 is 10.1 Å². The van der Waals surface area contributed by atoms with Gasteiger partial charge in [-0.3, -0.25) is 4.55 Å². The highest BCUT2D eigenvalue weighted by Gasteiger charge is 2.33. The smallest absolute Gasteiger partial charge is 0.294 e. The third-order valence-corrected chi connectivity index (χ3v) is 9.15. The van der Waals surface area contributed by atoms with Gasteiger partial charge < -0.3 is 9.47 Å². The Labute approximate surface area is 187 Å². The van der Waals surface area contributed by atoms with Crippen LogP contribution < -0.4 is 0 Å². The Bertz CT molecular complexity index is 784. The van der Waals surface area contributed by atoms with Crippen molar-refractivity contribution in [1.82, 2.24) is 0 Å². The third kappa shape index (κ3) is 6.10. The van der Waals surface area contributed by atoms with Gasteiger partial charge in [-0.15, -0.1) is 0 Å². The second-order valence-corrected chi connectivity index (χ2v) is 11.5. The van der Waals surface area contributed by atoms with E-state index >= 15 is 0 Å². The molecule has 31 heavy (non-hydrogen) atoms. The zero-order valence-corrected chi connectivity index (χ0v) is 19.6. The minimum Gasteiger partial charge on any atom is -0.350 e. The lowest BCUT2D eigenvalue weighted by Gasteiger charge is -2.39. The Balaban J connectivity index is 1.20. The van der Waals surface area contributed by atoms with Crippen LogP contribution in [-0.2, 0) is 19.6 Å². The lowest BCUT2D eigenvalue weighted by molar-refractivity contribution is -0.0514. The van der Waals surface area contributed by atoms with Gasteiger partial charge in [0.2, 0.25) is 0 Å². The van der Waals surface area contributed by atoms with Crippen LogP contribution in [0, 0.1) is 23.7 Å². The van der Waals surface area contributed by atoms with Crippen LogP contribution in [0.25, 0.3) is 0 Å². The predicted octanol–water partition coefficient (Wildman–Crippen LogP) is 5.80. The number of ether oxygens (including phenoxy) is 2. The second kappa shape index (κ2) is 10.3. The number of hydrogen-bond acceptors (Lipinski definition) is 4. The average Bonchev–Trinajstić information content (AvgIpc) is 3.31. The summed E-state index contributed by atoms with van der Waals surface area (Å²) in [4.78, 5) is -0.0222. The first-order valence-corrected chi connectivity index (χ1v) is 13.6. The standard InChI is InChI=1S/C25H38O5S/c1-18(21-11-13-24(14-12-21)31(26,27)28)20-7-9-23(10-8-20)22-5-2-19(3-6-22)4-15-25-29-16-17-30-25/h11-14,18-20,22-23,25H,2-10,15-17H2,1H3,(H,26,27,28). The molecule has 1 heterocycles. The summed E-state index contributed by atoms with van der Waals surface area (Å²) >= 11 is 0. The Hall–Kier alpha value is -0.950. The van der Waals surface area contributed by atoms with Gasteiger partial charge in [0, 0.05) is 0 Å². The highest BCUT2D eigenvalue weighted by Crippen LogP contribution is 2.45. The number of hydrogen-bond donors (Lipinski definition) is 1. The van der Waals surface area contributed by atoms with E-state index in [9.17, 15) is 13.0 Å². The van der Waals surface area contributed by atoms with Crippen LogP contribution in [0.1, 0.15) is 82.6 Å². The van der Waals surface area contributed by atoms with Crippen molar-refractivity contribution in [2.75, 3.05) is 13.2 Å². The molecule has 2 aliphatic carbocycles. The highest BCUT2D eigenvalue weighted by molar-refractivity contribution is 7.85. The van der Waals surface area contributed by atoms with Crippen molar-refractivity contribution in [1.29, 1.82) is 0 Å². The second-order valence-electron chi connectivity index (χ2n) is 10.0. The van der Waals surface area contributed by atoms with Gasteiger partial charge in [0.1, 0.15) is 0 Å². The van der Waals surface area contributed by atoms with Crippen molar-refractivity contribution in [3.63, 3.8) is 0 Å². The fraction of sp³-hybridized carbons (Fsp3) is 0.760. The summed E-state index contributed by atoms with van der Waals surface area (Å²) in [6.45, 7) is 3.78. The van der Waals surface area contributed by atoms with Crippen molar-refractivity contribution in [3.05, 3.63) is 29.8 Å². The molecule has 4 rings (SSSR count). The zero-order valence-electron chi connectivity index (χ0n) is 18.7. The quantitative estimate of drug-likeness (QED) is 0.531.